The Morgan fingerprint density at radius 3 is 1.91 bits per heavy atom. The number of anilines is 2. The van der Waals surface area contributed by atoms with Gasteiger partial charge in [-0.1, -0.05) is 121 Å². The number of unbranched alkanes of at least 4 members (excludes halogenated alkanes) is 13. The second kappa shape index (κ2) is 17.7. The van der Waals surface area contributed by atoms with E-state index in [1.165, 1.54) is 83.4 Å². The maximum atomic E-state index is 11.8. The molecule has 0 aliphatic carbocycles. The van der Waals surface area contributed by atoms with Crippen LogP contribution in [0.1, 0.15) is 102 Å². The number of hydrogen-bond acceptors (Lipinski definition) is 6. The molecule has 0 saturated carbocycles. The highest BCUT2D eigenvalue weighted by molar-refractivity contribution is 5.70. The fraction of sp³-hybridized carbons (Fsp3) is 0.643. The Labute approximate surface area is 211 Å². The summed E-state index contributed by atoms with van der Waals surface area (Å²) in [6, 6.07) is 9.87. The van der Waals surface area contributed by atoms with Crippen molar-refractivity contribution in [2.45, 2.75) is 103 Å². The van der Waals surface area contributed by atoms with Gasteiger partial charge in [0.05, 0.1) is 4.92 Å². The first kappa shape index (κ1) is 28.5. The summed E-state index contributed by atoms with van der Waals surface area (Å²) < 4.78 is 0. The summed E-state index contributed by atoms with van der Waals surface area (Å²) in [6.07, 6.45) is 19.7. The number of nitrogens with one attached hydrogen (secondary N) is 1. The van der Waals surface area contributed by atoms with Crippen LogP contribution in [0.4, 0.5) is 17.3 Å². The van der Waals surface area contributed by atoms with Crippen molar-refractivity contribution in [2.24, 2.45) is 0 Å². The van der Waals surface area contributed by atoms with E-state index in [2.05, 4.69) is 22.2 Å². The van der Waals surface area contributed by atoms with Crippen LogP contribution in [0.5, 0.6) is 0 Å². The monoisotopic (exact) mass is 483 g/mol. The smallest absolute Gasteiger partial charge is 0.353 e. The van der Waals surface area contributed by atoms with Crippen LogP contribution in [0.25, 0.3) is 0 Å². The lowest BCUT2D eigenvalue weighted by molar-refractivity contribution is -0.383. The van der Waals surface area contributed by atoms with Crippen molar-refractivity contribution in [3.8, 4) is 0 Å². The van der Waals surface area contributed by atoms with Gasteiger partial charge in [-0.3, -0.25) is 10.1 Å². The summed E-state index contributed by atoms with van der Waals surface area (Å²) in [5.74, 6) is 0.631. The molecule has 1 aromatic carbocycles. The number of hydrogen-bond donors (Lipinski definition) is 1. The standard InChI is InChI=1S/C28H45N5O2/c1-3-4-5-6-7-8-9-10-11-12-13-14-15-19-22-29-27-26(33(34)35)28(31-24-30-27)32(2)23-25-20-17-16-18-21-25/h16-18,20-21,24H,3-15,19,22-23H2,1-2H3,(H,29,30,31). The minimum absolute atomic E-state index is 0.0590. The van der Waals surface area contributed by atoms with Crippen molar-refractivity contribution < 1.29 is 4.92 Å². The Morgan fingerprint density at radius 2 is 1.37 bits per heavy atom. The van der Waals surface area contributed by atoms with Gasteiger partial charge in [-0.05, 0) is 12.0 Å². The molecule has 7 heteroatoms. The zero-order chi connectivity index (χ0) is 25.1. The van der Waals surface area contributed by atoms with Gasteiger partial charge in [0.15, 0.2) is 0 Å². The van der Waals surface area contributed by atoms with Crippen LogP contribution < -0.4 is 10.2 Å². The average Bonchev–Trinajstić information content (AvgIpc) is 2.86. The van der Waals surface area contributed by atoms with Gasteiger partial charge in [0.25, 0.3) is 0 Å². The average molecular weight is 484 g/mol. The molecule has 0 fully saturated rings. The van der Waals surface area contributed by atoms with Crippen LogP contribution in [-0.2, 0) is 6.54 Å². The summed E-state index contributed by atoms with van der Waals surface area (Å²) in [6.45, 7) is 3.48. The highest BCUT2D eigenvalue weighted by atomic mass is 16.6. The molecule has 7 nitrogen and oxygen atoms in total. The van der Waals surface area contributed by atoms with E-state index in [0.29, 0.717) is 24.7 Å². The largest absolute Gasteiger partial charge is 0.364 e. The molecule has 0 unspecified atom stereocenters. The number of nitro groups is 1. The van der Waals surface area contributed by atoms with Crippen molar-refractivity contribution in [1.82, 2.24) is 9.97 Å². The molecular weight excluding hydrogens is 438 g/mol. The van der Waals surface area contributed by atoms with Gasteiger partial charge in [0, 0.05) is 20.1 Å². The molecular formula is C28H45N5O2. The maximum absolute atomic E-state index is 11.8. The predicted molar refractivity (Wildman–Crippen MR) is 146 cm³/mol. The Hall–Kier alpha value is -2.70. The first-order valence-corrected chi connectivity index (χ1v) is 13.6. The molecule has 1 N–H and O–H groups in total. The molecule has 0 spiro atoms. The Kier molecular flexibility index (Phi) is 14.4. The number of nitrogens with zero attached hydrogens (tertiary/aromatic N) is 4. The molecule has 0 amide bonds. The maximum Gasteiger partial charge on any atom is 0.353 e. The summed E-state index contributed by atoms with van der Waals surface area (Å²) in [7, 11) is 1.82. The first-order valence-electron chi connectivity index (χ1n) is 13.6. The van der Waals surface area contributed by atoms with Gasteiger partial charge in [0.1, 0.15) is 6.33 Å². The predicted octanol–water partition coefficient (Wildman–Crippen LogP) is 7.91. The van der Waals surface area contributed by atoms with E-state index >= 15 is 0 Å². The number of rotatable bonds is 20. The van der Waals surface area contributed by atoms with E-state index in [9.17, 15) is 10.1 Å². The van der Waals surface area contributed by atoms with Gasteiger partial charge in [-0.2, -0.15) is 0 Å². The summed E-state index contributed by atoms with van der Waals surface area (Å²) in [4.78, 5) is 21.6. The van der Waals surface area contributed by atoms with Crippen LogP contribution in [0.15, 0.2) is 36.7 Å². The molecule has 2 aromatic rings. The normalized spacial score (nSPS) is 10.9. The van der Waals surface area contributed by atoms with Crippen LogP contribution in [0.2, 0.25) is 0 Å². The Bertz CT molecular complexity index is 831. The van der Waals surface area contributed by atoms with E-state index < -0.39 is 0 Å². The number of aromatic nitrogens is 2. The molecule has 0 radical (unpaired) electrons. The van der Waals surface area contributed by atoms with E-state index in [4.69, 9.17) is 0 Å². The zero-order valence-electron chi connectivity index (χ0n) is 21.9. The SMILES string of the molecule is CCCCCCCCCCCCCCCCNc1ncnc(N(C)Cc2ccccc2)c1[N+](=O)[O-]. The highest BCUT2D eigenvalue weighted by Gasteiger charge is 2.25. The molecule has 1 aromatic heterocycles. The fourth-order valence-corrected chi connectivity index (χ4v) is 4.40. The van der Waals surface area contributed by atoms with Crippen molar-refractivity contribution in [2.75, 3.05) is 23.8 Å². The van der Waals surface area contributed by atoms with E-state index in [-0.39, 0.29) is 10.6 Å². The highest BCUT2D eigenvalue weighted by Crippen LogP contribution is 2.31. The minimum Gasteiger partial charge on any atom is -0.364 e. The second-order valence-corrected chi connectivity index (χ2v) is 9.52. The second-order valence-electron chi connectivity index (χ2n) is 9.52. The molecule has 35 heavy (non-hydrogen) atoms. The van der Waals surface area contributed by atoms with Crippen LogP contribution >= 0.6 is 0 Å². The summed E-state index contributed by atoms with van der Waals surface area (Å²) in [5, 5.41) is 15.0. The van der Waals surface area contributed by atoms with Gasteiger partial charge in [0.2, 0.25) is 11.6 Å². The lowest BCUT2D eigenvalue weighted by atomic mass is 10.0. The third-order valence-electron chi connectivity index (χ3n) is 6.43. The van der Waals surface area contributed by atoms with E-state index in [1.54, 1.807) is 4.90 Å². The molecule has 1 heterocycles. The molecule has 0 saturated heterocycles. The van der Waals surface area contributed by atoms with Gasteiger partial charge in [-0.15, -0.1) is 0 Å². The van der Waals surface area contributed by atoms with Crippen LogP contribution in [-0.4, -0.2) is 28.5 Å². The van der Waals surface area contributed by atoms with Crippen LogP contribution in [0.3, 0.4) is 0 Å². The van der Waals surface area contributed by atoms with Crippen molar-refractivity contribution in [3.05, 3.63) is 52.3 Å². The van der Waals surface area contributed by atoms with Crippen molar-refractivity contribution >= 4 is 17.3 Å². The quantitative estimate of drug-likeness (QED) is 0.117. The van der Waals surface area contributed by atoms with Gasteiger partial charge < -0.3 is 10.2 Å². The van der Waals surface area contributed by atoms with E-state index in [1.807, 2.05) is 37.4 Å². The molecule has 0 aliphatic rings. The van der Waals surface area contributed by atoms with Crippen LogP contribution in [0, 0.1) is 10.1 Å². The molecule has 0 aliphatic heterocycles. The molecule has 194 valence electrons. The lowest BCUT2D eigenvalue weighted by Gasteiger charge is -2.19. The number of benzene rings is 1. The molecule has 2 rings (SSSR count). The first-order chi connectivity index (χ1) is 17.1. The van der Waals surface area contributed by atoms with Gasteiger partial charge in [-0.25, -0.2) is 9.97 Å². The van der Waals surface area contributed by atoms with Crippen molar-refractivity contribution in [1.29, 1.82) is 0 Å². The third-order valence-corrected chi connectivity index (χ3v) is 6.43. The topological polar surface area (TPSA) is 84.2 Å². The zero-order valence-corrected chi connectivity index (χ0v) is 21.9. The fourth-order valence-electron chi connectivity index (χ4n) is 4.40. The lowest BCUT2D eigenvalue weighted by Crippen LogP contribution is -2.20. The summed E-state index contributed by atoms with van der Waals surface area (Å²) in [5.41, 5.74) is 1.01. The third kappa shape index (κ3) is 11.5. The Morgan fingerprint density at radius 1 is 0.829 bits per heavy atom. The van der Waals surface area contributed by atoms with Gasteiger partial charge >= 0.3 is 5.69 Å². The molecule has 0 bridgehead atoms. The molecule has 0 atom stereocenters. The van der Waals surface area contributed by atoms with Crippen molar-refractivity contribution in [3.63, 3.8) is 0 Å². The minimum atomic E-state index is -0.385. The Balaban J connectivity index is 1.63. The van der Waals surface area contributed by atoms with E-state index in [0.717, 1.165) is 18.4 Å². The summed E-state index contributed by atoms with van der Waals surface area (Å²) >= 11 is 0.